The van der Waals surface area contributed by atoms with Gasteiger partial charge in [-0.15, -0.1) is 0 Å². The van der Waals surface area contributed by atoms with E-state index in [0.29, 0.717) is 45.8 Å². The van der Waals surface area contributed by atoms with Crippen molar-refractivity contribution >= 4 is 22.9 Å². The number of ketones is 1. The number of nitrogens with zero attached hydrogens (tertiary/aromatic N) is 3. The second-order valence-corrected chi connectivity index (χ2v) is 7.61. The maximum atomic E-state index is 14.1. The number of hydrogen-bond donors (Lipinski definition) is 3. The lowest BCUT2D eigenvalue weighted by Gasteiger charge is -2.23. The number of hydrogen-bond acceptors (Lipinski definition) is 8. The van der Waals surface area contributed by atoms with Crippen LogP contribution in [-0.2, 0) is 11.4 Å². The summed E-state index contributed by atoms with van der Waals surface area (Å²) in [4.78, 5) is 18.0. The molecule has 0 fully saturated rings. The number of carbonyl (C=O) groups excluding carboxylic acids is 1. The van der Waals surface area contributed by atoms with Crippen molar-refractivity contribution < 1.29 is 13.9 Å². The lowest BCUT2D eigenvalue weighted by Crippen LogP contribution is -2.35. The molecule has 1 atom stereocenters. The first-order valence-electron chi connectivity index (χ1n) is 9.98. The molecule has 0 saturated heterocycles. The summed E-state index contributed by atoms with van der Waals surface area (Å²) in [6, 6.07) is 7.43. The lowest BCUT2D eigenvalue weighted by molar-refractivity contribution is -0.113. The van der Waals surface area contributed by atoms with Gasteiger partial charge in [-0.1, -0.05) is 12.2 Å². The number of dihydropyridines is 1. The second kappa shape index (κ2) is 7.51. The number of hydrazine groups is 1. The Labute approximate surface area is 183 Å². The van der Waals surface area contributed by atoms with Crippen molar-refractivity contribution in [1.29, 1.82) is 5.26 Å². The van der Waals surface area contributed by atoms with Crippen molar-refractivity contribution in [2.45, 2.75) is 12.6 Å². The van der Waals surface area contributed by atoms with Gasteiger partial charge in [0, 0.05) is 47.6 Å². The number of anilines is 1. The molecule has 160 valence electrons. The Bertz CT molecular complexity index is 1290. The highest BCUT2D eigenvalue weighted by molar-refractivity contribution is 6.18. The number of nitrogens with two attached hydrogens (primary N) is 1. The van der Waals surface area contributed by atoms with Gasteiger partial charge in [0.25, 0.3) is 0 Å². The summed E-state index contributed by atoms with van der Waals surface area (Å²) in [5.41, 5.74) is 12.6. The van der Waals surface area contributed by atoms with E-state index in [1.165, 1.54) is 18.3 Å². The summed E-state index contributed by atoms with van der Waals surface area (Å²) in [7, 11) is 1.68. The summed E-state index contributed by atoms with van der Waals surface area (Å²) < 4.78 is 20.0. The summed E-state index contributed by atoms with van der Waals surface area (Å²) in [5, 5.41) is 14.5. The molecule has 5 rings (SSSR count). The van der Waals surface area contributed by atoms with Gasteiger partial charge >= 0.3 is 0 Å². The number of fused-ring (bicyclic) bond motifs is 5. The molecule has 0 spiro atoms. The fourth-order valence-corrected chi connectivity index (χ4v) is 4.18. The summed E-state index contributed by atoms with van der Waals surface area (Å²) >= 11 is 0. The van der Waals surface area contributed by atoms with Crippen LogP contribution in [0.4, 0.5) is 10.2 Å². The van der Waals surface area contributed by atoms with Crippen LogP contribution >= 0.6 is 0 Å². The molecule has 1 aromatic carbocycles. The van der Waals surface area contributed by atoms with Crippen molar-refractivity contribution in [2.75, 3.05) is 19.3 Å². The predicted octanol–water partition coefficient (Wildman–Crippen LogP) is 1.89. The van der Waals surface area contributed by atoms with E-state index in [2.05, 4.69) is 21.8 Å². The van der Waals surface area contributed by atoms with E-state index in [9.17, 15) is 14.4 Å². The highest BCUT2D eigenvalue weighted by Gasteiger charge is 2.37. The number of carbonyl (C=O) groups is 1. The summed E-state index contributed by atoms with van der Waals surface area (Å²) in [5.74, 6) is -0.250. The standard InChI is InChI=1S/C23H19FN6O2/c1-30-21-19(17(9-25)29-30)12-8-18(23(26)28-10-12)32-11-13-7-14(24)4-5-15(13)20-16(22(21)31)3-2-6-27-20/h2-5,7-8,10,17,27,29H,6,11H2,1H3,(H2,26,28). The number of pyridine rings is 1. The Morgan fingerprint density at radius 1 is 1.38 bits per heavy atom. The van der Waals surface area contributed by atoms with E-state index < -0.39 is 11.9 Å². The van der Waals surface area contributed by atoms with Crippen LogP contribution in [0.5, 0.6) is 5.75 Å². The quantitative estimate of drug-likeness (QED) is 0.580. The molecule has 2 bridgehead atoms. The number of rotatable bonds is 0. The molecule has 0 aliphatic carbocycles. The van der Waals surface area contributed by atoms with Crippen molar-refractivity contribution in [3.8, 4) is 11.8 Å². The largest absolute Gasteiger partial charge is 0.485 e. The molecule has 1 unspecified atom stereocenters. The minimum atomic E-state index is -0.758. The van der Waals surface area contributed by atoms with Crippen LogP contribution in [0.15, 0.2) is 53.9 Å². The molecule has 9 heteroatoms. The fourth-order valence-electron chi connectivity index (χ4n) is 4.18. The number of nitriles is 1. The minimum Gasteiger partial charge on any atom is -0.485 e. The van der Waals surface area contributed by atoms with Crippen molar-refractivity contribution in [3.63, 3.8) is 0 Å². The van der Waals surface area contributed by atoms with Gasteiger partial charge in [-0.2, -0.15) is 5.26 Å². The van der Waals surface area contributed by atoms with Crippen LogP contribution in [0.2, 0.25) is 0 Å². The summed E-state index contributed by atoms with van der Waals surface area (Å²) in [6.07, 6.45) is 5.11. The molecule has 2 aromatic rings. The molecule has 0 saturated carbocycles. The summed E-state index contributed by atoms with van der Waals surface area (Å²) in [6.45, 7) is 0.533. The molecule has 0 amide bonds. The molecule has 3 aliphatic heterocycles. The Morgan fingerprint density at radius 3 is 3.03 bits per heavy atom. The van der Waals surface area contributed by atoms with Gasteiger partial charge in [-0.3, -0.25) is 4.79 Å². The average Bonchev–Trinajstić information content (AvgIpc) is 3.13. The number of halogens is 1. The highest BCUT2D eigenvalue weighted by atomic mass is 19.1. The third kappa shape index (κ3) is 3.09. The number of likely N-dealkylation sites (N-methyl/N-ethyl adjacent to an activating group) is 1. The van der Waals surface area contributed by atoms with Gasteiger partial charge in [-0.05, 0) is 24.3 Å². The van der Waals surface area contributed by atoms with Crippen molar-refractivity contribution in [2.24, 2.45) is 0 Å². The van der Waals surface area contributed by atoms with Gasteiger partial charge in [0.2, 0.25) is 5.78 Å². The Kier molecular flexibility index (Phi) is 4.64. The zero-order valence-electron chi connectivity index (χ0n) is 17.1. The number of nitrogen functional groups attached to an aromatic ring is 1. The van der Waals surface area contributed by atoms with Crippen LogP contribution in [0.25, 0.3) is 11.3 Å². The minimum absolute atomic E-state index is 0.0184. The van der Waals surface area contributed by atoms with Crippen LogP contribution in [0, 0.1) is 17.1 Å². The first-order chi connectivity index (χ1) is 15.5. The van der Waals surface area contributed by atoms with Gasteiger partial charge in [0.05, 0.1) is 11.8 Å². The average molecular weight is 430 g/mol. The fraction of sp³-hybridized carbons (Fsp3) is 0.174. The zero-order chi connectivity index (χ0) is 22.4. The molecule has 8 nitrogen and oxygen atoms in total. The molecular formula is C23H19FN6O2. The number of aromatic nitrogens is 1. The third-order valence-corrected chi connectivity index (χ3v) is 5.65. The Morgan fingerprint density at radius 2 is 2.22 bits per heavy atom. The lowest BCUT2D eigenvalue weighted by atomic mass is 9.91. The molecule has 1 aromatic heterocycles. The van der Waals surface area contributed by atoms with Crippen molar-refractivity contribution in [1.82, 2.24) is 20.7 Å². The van der Waals surface area contributed by atoms with E-state index in [-0.39, 0.29) is 24.0 Å². The van der Waals surface area contributed by atoms with E-state index in [4.69, 9.17) is 10.5 Å². The van der Waals surface area contributed by atoms with E-state index in [0.717, 1.165) is 0 Å². The number of ether oxygens (including phenoxy) is 1. The first-order valence-corrected chi connectivity index (χ1v) is 9.98. The highest BCUT2D eigenvalue weighted by Crippen LogP contribution is 2.36. The molecule has 0 radical (unpaired) electrons. The predicted molar refractivity (Wildman–Crippen MR) is 116 cm³/mol. The molecule has 4 heterocycles. The van der Waals surface area contributed by atoms with Gasteiger partial charge in [-0.25, -0.2) is 14.8 Å². The van der Waals surface area contributed by atoms with E-state index in [1.54, 1.807) is 30.3 Å². The van der Waals surface area contributed by atoms with Crippen LogP contribution in [-0.4, -0.2) is 35.4 Å². The van der Waals surface area contributed by atoms with Crippen LogP contribution in [0.3, 0.4) is 0 Å². The monoisotopic (exact) mass is 430 g/mol. The van der Waals surface area contributed by atoms with Gasteiger partial charge in [0.1, 0.15) is 24.2 Å². The Hall–Kier alpha value is -4.16. The molecular weight excluding hydrogens is 411 g/mol. The van der Waals surface area contributed by atoms with Crippen molar-refractivity contribution in [3.05, 3.63) is 76.4 Å². The third-order valence-electron chi connectivity index (χ3n) is 5.65. The zero-order valence-corrected chi connectivity index (χ0v) is 17.1. The normalized spacial score (nSPS) is 19.7. The molecule has 4 N–H and O–H groups in total. The number of allylic oxidation sites excluding steroid dienone is 2. The van der Waals surface area contributed by atoms with Gasteiger partial charge in [0.15, 0.2) is 11.6 Å². The SMILES string of the molecule is CN1NC(C#N)C2=C1C(=O)C1=C(NCC=C1)c1ccc(F)cc1COc1cc2cnc1N. The maximum absolute atomic E-state index is 14.1. The second-order valence-electron chi connectivity index (χ2n) is 7.61. The topological polar surface area (TPSA) is 116 Å². The number of nitrogens with one attached hydrogen (secondary N) is 2. The smallest absolute Gasteiger partial charge is 0.212 e. The molecule has 3 aliphatic rings. The van der Waals surface area contributed by atoms with E-state index >= 15 is 0 Å². The molecule has 32 heavy (non-hydrogen) atoms. The Balaban J connectivity index is 1.83. The first kappa shape index (κ1) is 19.8. The van der Waals surface area contributed by atoms with Gasteiger partial charge < -0.3 is 20.8 Å². The number of Topliss-reactive ketones (excluding diaryl/α,β-unsaturated/α-hetero) is 1. The number of benzene rings is 1. The van der Waals surface area contributed by atoms with Crippen LogP contribution < -0.4 is 21.2 Å². The van der Waals surface area contributed by atoms with E-state index in [1.807, 2.05) is 6.08 Å². The maximum Gasteiger partial charge on any atom is 0.212 e. The van der Waals surface area contributed by atoms with Crippen LogP contribution in [0.1, 0.15) is 16.7 Å².